The molecule has 1 amide bonds. The van der Waals surface area contributed by atoms with Crippen LogP contribution in [0.15, 0.2) is 46.4 Å². The van der Waals surface area contributed by atoms with Gasteiger partial charge in [-0.1, -0.05) is 60.7 Å². The number of carbonyl (C=O) groups is 1. The lowest BCUT2D eigenvalue weighted by molar-refractivity contribution is -0.121. The van der Waals surface area contributed by atoms with E-state index in [2.05, 4.69) is 10.5 Å². The SMILES string of the molecule is Cc1cc(C)c(S(=O)(=O)N(CC(=O)N/N=C/c2cccc(Cl)c2)C2CCCCC2)c(C)c1. The molecule has 1 aliphatic carbocycles. The maximum Gasteiger partial charge on any atom is 0.255 e. The van der Waals surface area contributed by atoms with E-state index in [0.29, 0.717) is 21.0 Å². The second kappa shape index (κ2) is 10.6. The first-order chi connectivity index (χ1) is 15.2. The highest BCUT2D eigenvalue weighted by Gasteiger charge is 2.35. The number of sulfonamides is 1. The van der Waals surface area contributed by atoms with Gasteiger partial charge in [0.05, 0.1) is 17.7 Å². The van der Waals surface area contributed by atoms with E-state index in [1.54, 1.807) is 32.0 Å². The van der Waals surface area contributed by atoms with Gasteiger partial charge in [0.15, 0.2) is 0 Å². The lowest BCUT2D eigenvalue weighted by Gasteiger charge is -2.33. The quantitative estimate of drug-likeness (QED) is 0.464. The van der Waals surface area contributed by atoms with E-state index in [1.807, 2.05) is 25.1 Å². The van der Waals surface area contributed by atoms with Crippen LogP contribution in [-0.2, 0) is 14.8 Å². The van der Waals surface area contributed by atoms with E-state index in [0.717, 1.165) is 43.2 Å². The standard InChI is InChI=1S/C24H30ClN3O3S/c1-17-12-18(2)24(19(3)13-17)32(30,31)28(22-10-5-4-6-11-22)16-23(29)27-26-15-20-8-7-9-21(25)14-20/h7-9,12-15,22H,4-6,10-11,16H2,1-3H3,(H,27,29)/b26-15+. The zero-order valence-corrected chi connectivity index (χ0v) is 20.3. The second-order valence-electron chi connectivity index (χ2n) is 8.42. The van der Waals surface area contributed by atoms with Crippen molar-refractivity contribution in [3.8, 4) is 0 Å². The van der Waals surface area contributed by atoms with Gasteiger partial charge in [-0.2, -0.15) is 9.41 Å². The minimum Gasteiger partial charge on any atom is -0.272 e. The fourth-order valence-electron chi connectivity index (χ4n) is 4.41. The highest BCUT2D eigenvalue weighted by molar-refractivity contribution is 7.89. The smallest absolute Gasteiger partial charge is 0.255 e. The molecule has 172 valence electrons. The molecule has 0 aromatic heterocycles. The summed E-state index contributed by atoms with van der Waals surface area (Å²) in [5.74, 6) is -0.472. The van der Waals surface area contributed by atoms with Gasteiger partial charge in [0.1, 0.15) is 0 Å². The molecule has 3 rings (SSSR count). The van der Waals surface area contributed by atoms with E-state index in [9.17, 15) is 13.2 Å². The summed E-state index contributed by atoms with van der Waals surface area (Å²) in [5, 5.41) is 4.55. The van der Waals surface area contributed by atoms with Gasteiger partial charge in [0.25, 0.3) is 5.91 Å². The summed E-state index contributed by atoms with van der Waals surface area (Å²) in [6.07, 6.45) is 5.99. The molecule has 8 heteroatoms. The summed E-state index contributed by atoms with van der Waals surface area (Å²) in [5.41, 5.74) is 5.60. The molecule has 1 N–H and O–H groups in total. The summed E-state index contributed by atoms with van der Waals surface area (Å²) in [6.45, 7) is 5.29. The number of hydrogen-bond acceptors (Lipinski definition) is 4. The number of halogens is 1. The average molecular weight is 476 g/mol. The van der Waals surface area contributed by atoms with Gasteiger partial charge in [0.2, 0.25) is 10.0 Å². The predicted octanol–water partition coefficient (Wildman–Crippen LogP) is 4.74. The predicted molar refractivity (Wildman–Crippen MR) is 129 cm³/mol. The Hall–Kier alpha value is -2.22. The normalized spacial score (nSPS) is 15.4. The molecule has 1 saturated carbocycles. The molecule has 0 bridgehead atoms. The van der Waals surface area contributed by atoms with Gasteiger partial charge in [-0.25, -0.2) is 13.8 Å². The summed E-state index contributed by atoms with van der Waals surface area (Å²) >= 11 is 5.96. The third kappa shape index (κ3) is 5.97. The number of nitrogens with one attached hydrogen (secondary N) is 1. The van der Waals surface area contributed by atoms with Crippen molar-refractivity contribution in [1.82, 2.24) is 9.73 Å². The van der Waals surface area contributed by atoms with Gasteiger partial charge < -0.3 is 0 Å². The van der Waals surface area contributed by atoms with Crippen molar-refractivity contribution < 1.29 is 13.2 Å². The van der Waals surface area contributed by atoms with Crippen LogP contribution in [0.25, 0.3) is 0 Å². The molecule has 0 heterocycles. The number of aryl methyl sites for hydroxylation is 3. The van der Waals surface area contributed by atoms with Gasteiger partial charge in [-0.05, 0) is 62.4 Å². The maximum atomic E-state index is 13.7. The average Bonchev–Trinajstić information content (AvgIpc) is 2.71. The lowest BCUT2D eigenvalue weighted by Crippen LogP contribution is -2.46. The first kappa shape index (κ1) is 24.4. The van der Waals surface area contributed by atoms with Gasteiger partial charge in [0, 0.05) is 11.1 Å². The molecule has 0 radical (unpaired) electrons. The number of nitrogens with zero attached hydrogens (tertiary/aromatic N) is 2. The fourth-order valence-corrected chi connectivity index (χ4v) is 6.67. The number of benzene rings is 2. The molecule has 2 aromatic carbocycles. The highest BCUT2D eigenvalue weighted by atomic mass is 35.5. The van der Waals surface area contributed by atoms with Gasteiger partial charge >= 0.3 is 0 Å². The Morgan fingerprint density at radius 2 is 1.78 bits per heavy atom. The number of amides is 1. The molecular formula is C24H30ClN3O3S. The monoisotopic (exact) mass is 475 g/mol. The Bertz CT molecular complexity index is 1090. The van der Waals surface area contributed by atoms with E-state index in [4.69, 9.17) is 11.6 Å². The van der Waals surface area contributed by atoms with Crippen molar-refractivity contribution in [3.63, 3.8) is 0 Å². The number of rotatable bonds is 7. The molecule has 0 spiro atoms. The third-order valence-electron chi connectivity index (χ3n) is 5.70. The molecule has 0 unspecified atom stereocenters. The molecule has 0 aliphatic heterocycles. The van der Waals surface area contributed by atoms with Crippen LogP contribution in [0.5, 0.6) is 0 Å². The van der Waals surface area contributed by atoms with Crippen LogP contribution in [0.1, 0.15) is 54.4 Å². The molecule has 32 heavy (non-hydrogen) atoms. The Labute approximate surface area is 195 Å². The molecule has 1 aliphatic rings. The van der Waals surface area contributed by atoms with E-state index in [1.165, 1.54) is 10.5 Å². The van der Waals surface area contributed by atoms with Crippen LogP contribution < -0.4 is 5.43 Å². The van der Waals surface area contributed by atoms with Crippen LogP contribution in [-0.4, -0.2) is 37.4 Å². The van der Waals surface area contributed by atoms with E-state index < -0.39 is 15.9 Å². The van der Waals surface area contributed by atoms with E-state index in [-0.39, 0.29) is 12.6 Å². The van der Waals surface area contributed by atoms with Crippen molar-refractivity contribution in [2.24, 2.45) is 5.10 Å². The summed E-state index contributed by atoms with van der Waals surface area (Å²) < 4.78 is 28.9. The lowest BCUT2D eigenvalue weighted by atomic mass is 9.95. The Balaban J connectivity index is 1.84. The van der Waals surface area contributed by atoms with Crippen molar-refractivity contribution in [2.75, 3.05) is 6.54 Å². The Kier molecular flexibility index (Phi) is 8.09. The molecule has 1 fully saturated rings. The van der Waals surface area contributed by atoms with Gasteiger partial charge in [-0.15, -0.1) is 0 Å². The number of carbonyl (C=O) groups excluding carboxylic acids is 1. The van der Waals surface area contributed by atoms with Crippen molar-refractivity contribution >= 4 is 33.7 Å². The molecule has 0 saturated heterocycles. The van der Waals surface area contributed by atoms with Crippen molar-refractivity contribution in [3.05, 3.63) is 63.7 Å². The molecule has 0 atom stereocenters. The highest BCUT2D eigenvalue weighted by Crippen LogP contribution is 2.31. The Morgan fingerprint density at radius 3 is 2.41 bits per heavy atom. The fraction of sp³-hybridized carbons (Fsp3) is 0.417. The van der Waals surface area contributed by atoms with E-state index >= 15 is 0 Å². The van der Waals surface area contributed by atoms with Crippen LogP contribution in [0.2, 0.25) is 5.02 Å². The van der Waals surface area contributed by atoms with Crippen molar-refractivity contribution in [1.29, 1.82) is 0 Å². The largest absolute Gasteiger partial charge is 0.272 e. The molecule has 6 nitrogen and oxygen atoms in total. The first-order valence-electron chi connectivity index (χ1n) is 10.9. The topological polar surface area (TPSA) is 78.8 Å². The van der Waals surface area contributed by atoms with Crippen LogP contribution in [0.3, 0.4) is 0 Å². The minimum atomic E-state index is -3.85. The number of hydrazone groups is 1. The summed E-state index contributed by atoms with van der Waals surface area (Å²) in [6, 6.07) is 10.6. The summed E-state index contributed by atoms with van der Waals surface area (Å²) in [4.78, 5) is 13.0. The van der Waals surface area contributed by atoms with Crippen molar-refractivity contribution in [2.45, 2.75) is 63.8 Å². The third-order valence-corrected chi connectivity index (χ3v) is 8.14. The maximum absolute atomic E-state index is 13.7. The molecule has 2 aromatic rings. The second-order valence-corrected chi connectivity index (χ2v) is 10.7. The zero-order chi connectivity index (χ0) is 23.3. The minimum absolute atomic E-state index is 0.198. The van der Waals surface area contributed by atoms with Crippen LogP contribution in [0, 0.1) is 20.8 Å². The van der Waals surface area contributed by atoms with Crippen LogP contribution >= 0.6 is 11.6 Å². The summed E-state index contributed by atoms with van der Waals surface area (Å²) in [7, 11) is -3.85. The Morgan fingerprint density at radius 1 is 1.12 bits per heavy atom. The van der Waals surface area contributed by atoms with Crippen LogP contribution in [0.4, 0.5) is 0 Å². The first-order valence-corrected chi connectivity index (χ1v) is 12.7. The number of hydrogen-bond donors (Lipinski definition) is 1. The van der Waals surface area contributed by atoms with Gasteiger partial charge in [-0.3, -0.25) is 4.79 Å². The molecular weight excluding hydrogens is 446 g/mol. The zero-order valence-electron chi connectivity index (χ0n) is 18.8.